The highest BCUT2D eigenvalue weighted by atomic mass is 16.5. The van der Waals surface area contributed by atoms with Gasteiger partial charge in [-0.05, 0) is 51.7 Å². The standard InChI is InChI=1S/C17H27NO2/c1-16(2,20-3)9-10-17(19)11-13-18(14-12-17)15-7-5-4-6-8-15/h4-8,19H,9-14H2,1-3H3. The smallest absolute Gasteiger partial charge is 0.0682 e. The molecule has 0 aliphatic carbocycles. The summed E-state index contributed by atoms with van der Waals surface area (Å²) in [4.78, 5) is 2.36. The molecule has 112 valence electrons. The summed E-state index contributed by atoms with van der Waals surface area (Å²) in [5, 5.41) is 10.7. The van der Waals surface area contributed by atoms with Crippen molar-refractivity contribution in [2.24, 2.45) is 0 Å². The number of hydrogen-bond acceptors (Lipinski definition) is 3. The lowest BCUT2D eigenvalue weighted by molar-refractivity contribution is -0.0364. The lowest BCUT2D eigenvalue weighted by Gasteiger charge is -2.40. The fourth-order valence-electron chi connectivity index (χ4n) is 2.71. The van der Waals surface area contributed by atoms with Crippen molar-refractivity contribution in [3.8, 4) is 0 Å². The van der Waals surface area contributed by atoms with E-state index < -0.39 is 5.60 Å². The summed E-state index contributed by atoms with van der Waals surface area (Å²) >= 11 is 0. The summed E-state index contributed by atoms with van der Waals surface area (Å²) in [6, 6.07) is 10.4. The molecule has 3 nitrogen and oxygen atoms in total. The van der Waals surface area contributed by atoms with Gasteiger partial charge < -0.3 is 14.7 Å². The van der Waals surface area contributed by atoms with Crippen LogP contribution in [-0.2, 0) is 4.74 Å². The zero-order valence-corrected chi connectivity index (χ0v) is 12.9. The molecule has 0 spiro atoms. The maximum absolute atomic E-state index is 10.7. The van der Waals surface area contributed by atoms with E-state index in [1.165, 1.54) is 5.69 Å². The molecule has 0 aromatic heterocycles. The van der Waals surface area contributed by atoms with Crippen molar-refractivity contribution in [2.45, 2.75) is 50.7 Å². The van der Waals surface area contributed by atoms with Gasteiger partial charge in [-0.3, -0.25) is 0 Å². The van der Waals surface area contributed by atoms with Gasteiger partial charge in [0.15, 0.2) is 0 Å². The van der Waals surface area contributed by atoms with Crippen LogP contribution in [0.3, 0.4) is 0 Å². The number of hydrogen-bond donors (Lipinski definition) is 1. The van der Waals surface area contributed by atoms with Crippen molar-refractivity contribution in [1.29, 1.82) is 0 Å². The van der Waals surface area contributed by atoms with Crippen molar-refractivity contribution in [3.63, 3.8) is 0 Å². The van der Waals surface area contributed by atoms with E-state index in [1.807, 2.05) is 6.07 Å². The van der Waals surface area contributed by atoms with Gasteiger partial charge in [-0.1, -0.05) is 18.2 Å². The molecule has 1 aromatic rings. The Hall–Kier alpha value is -1.06. The van der Waals surface area contributed by atoms with E-state index in [4.69, 9.17) is 4.74 Å². The van der Waals surface area contributed by atoms with Gasteiger partial charge >= 0.3 is 0 Å². The molecule has 1 aromatic carbocycles. The van der Waals surface area contributed by atoms with Crippen LogP contribution in [0.2, 0.25) is 0 Å². The van der Waals surface area contributed by atoms with Gasteiger partial charge in [0.25, 0.3) is 0 Å². The van der Waals surface area contributed by atoms with Gasteiger partial charge in [0, 0.05) is 25.9 Å². The third kappa shape index (κ3) is 3.97. The van der Waals surface area contributed by atoms with Gasteiger partial charge in [-0.25, -0.2) is 0 Å². The molecule has 1 N–H and O–H groups in total. The lowest BCUT2D eigenvalue weighted by atomic mass is 9.84. The van der Waals surface area contributed by atoms with Gasteiger partial charge in [0.2, 0.25) is 0 Å². The molecule has 0 radical (unpaired) electrons. The second-order valence-corrected chi connectivity index (χ2v) is 6.51. The van der Waals surface area contributed by atoms with Crippen molar-refractivity contribution in [2.75, 3.05) is 25.1 Å². The van der Waals surface area contributed by atoms with Crippen LogP contribution in [0, 0.1) is 0 Å². The lowest BCUT2D eigenvalue weighted by Crippen LogP contribution is -2.45. The number of anilines is 1. The maximum atomic E-state index is 10.7. The van der Waals surface area contributed by atoms with Crippen molar-refractivity contribution in [3.05, 3.63) is 30.3 Å². The molecule has 20 heavy (non-hydrogen) atoms. The first-order valence-corrected chi connectivity index (χ1v) is 7.52. The van der Waals surface area contributed by atoms with Crippen LogP contribution < -0.4 is 4.90 Å². The average molecular weight is 277 g/mol. The Kier molecular flexibility index (Phi) is 4.71. The van der Waals surface area contributed by atoms with Crippen LogP contribution in [0.1, 0.15) is 39.5 Å². The van der Waals surface area contributed by atoms with E-state index in [2.05, 4.69) is 43.0 Å². The van der Waals surface area contributed by atoms with Gasteiger partial charge in [0.05, 0.1) is 11.2 Å². The predicted molar refractivity (Wildman–Crippen MR) is 83.2 cm³/mol. The van der Waals surface area contributed by atoms with Crippen molar-refractivity contribution in [1.82, 2.24) is 0 Å². The largest absolute Gasteiger partial charge is 0.390 e. The fourth-order valence-corrected chi connectivity index (χ4v) is 2.71. The third-order valence-electron chi connectivity index (χ3n) is 4.56. The first-order chi connectivity index (χ1) is 9.44. The number of rotatable bonds is 5. The van der Waals surface area contributed by atoms with Crippen molar-refractivity contribution < 1.29 is 9.84 Å². The molecule has 0 unspecified atom stereocenters. The first kappa shape index (κ1) is 15.3. The molecule has 0 atom stereocenters. The Morgan fingerprint density at radius 2 is 1.80 bits per heavy atom. The van der Waals surface area contributed by atoms with Crippen molar-refractivity contribution >= 4 is 5.69 Å². The molecule has 2 rings (SSSR count). The Labute approximate surface area is 122 Å². The summed E-state index contributed by atoms with van der Waals surface area (Å²) in [6.07, 6.45) is 3.38. The molecular formula is C17H27NO2. The predicted octanol–water partition coefficient (Wildman–Crippen LogP) is 3.22. The van der Waals surface area contributed by atoms with E-state index >= 15 is 0 Å². The molecular weight excluding hydrogens is 250 g/mol. The highest BCUT2D eigenvalue weighted by molar-refractivity contribution is 5.46. The number of aliphatic hydroxyl groups is 1. The van der Waals surface area contributed by atoms with Gasteiger partial charge in [-0.2, -0.15) is 0 Å². The summed E-state index contributed by atoms with van der Waals surface area (Å²) < 4.78 is 5.44. The topological polar surface area (TPSA) is 32.7 Å². The quantitative estimate of drug-likeness (QED) is 0.897. The van der Waals surface area contributed by atoms with E-state index in [0.29, 0.717) is 0 Å². The zero-order valence-electron chi connectivity index (χ0n) is 12.9. The Balaban J connectivity index is 1.87. The minimum atomic E-state index is -0.527. The Morgan fingerprint density at radius 3 is 2.35 bits per heavy atom. The second-order valence-electron chi connectivity index (χ2n) is 6.51. The third-order valence-corrected chi connectivity index (χ3v) is 4.56. The second kappa shape index (κ2) is 6.15. The summed E-state index contributed by atoms with van der Waals surface area (Å²) in [6.45, 7) is 6.01. The van der Waals surface area contributed by atoms with Crippen LogP contribution >= 0.6 is 0 Å². The normalized spacial score (nSPS) is 19.1. The van der Waals surface area contributed by atoms with Crippen LogP contribution in [0.15, 0.2) is 30.3 Å². The minimum Gasteiger partial charge on any atom is -0.390 e. The molecule has 3 heteroatoms. The highest BCUT2D eigenvalue weighted by Crippen LogP contribution is 2.32. The van der Waals surface area contributed by atoms with Crippen LogP contribution in [0.25, 0.3) is 0 Å². The fraction of sp³-hybridized carbons (Fsp3) is 0.647. The molecule has 0 bridgehead atoms. The monoisotopic (exact) mass is 277 g/mol. The van der Waals surface area contributed by atoms with Crippen LogP contribution in [-0.4, -0.2) is 36.5 Å². The van der Waals surface area contributed by atoms with Gasteiger partial charge in [-0.15, -0.1) is 0 Å². The van der Waals surface area contributed by atoms with Crippen LogP contribution in [0.5, 0.6) is 0 Å². The van der Waals surface area contributed by atoms with E-state index in [1.54, 1.807) is 7.11 Å². The number of piperidine rings is 1. The molecule has 0 saturated carbocycles. The average Bonchev–Trinajstić information content (AvgIpc) is 2.47. The molecule has 1 aliphatic rings. The minimum absolute atomic E-state index is 0.147. The Morgan fingerprint density at radius 1 is 1.20 bits per heavy atom. The molecule has 1 aliphatic heterocycles. The molecule has 0 amide bonds. The Bertz CT molecular complexity index is 408. The maximum Gasteiger partial charge on any atom is 0.0682 e. The zero-order chi connectivity index (χ0) is 14.6. The van der Waals surface area contributed by atoms with Gasteiger partial charge in [0.1, 0.15) is 0 Å². The number of para-hydroxylation sites is 1. The molecule has 1 fully saturated rings. The number of methoxy groups -OCH3 is 1. The van der Waals surface area contributed by atoms with E-state index in [9.17, 15) is 5.11 Å². The summed E-state index contributed by atoms with van der Waals surface area (Å²) in [5.74, 6) is 0. The molecule has 1 saturated heterocycles. The summed E-state index contributed by atoms with van der Waals surface area (Å²) in [5.41, 5.74) is 0.583. The SMILES string of the molecule is COC(C)(C)CCC1(O)CCN(c2ccccc2)CC1. The number of ether oxygens (including phenoxy) is 1. The van der Waals surface area contributed by atoms with E-state index in [0.717, 1.165) is 38.8 Å². The first-order valence-electron chi connectivity index (χ1n) is 7.52. The van der Waals surface area contributed by atoms with E-state index in [-0.39, 0.29) is 5.60 Å². The summed E-state index contributed by atoms with van der Waals surface area (Å²) in [7, 11) is 1.74. The highest BCUT2D eigenvalue weighted by Gasteiger charge is 2.34. The number of nitrogens with zero attached hydrogens (tertiary/aromatic N) is 1. The van der Waals surface area contributed by atoms with Crippen LogP contribution in [0.4, 0.5) is 5.69 Å². The number of benzene rings is 1. The molecule has 1 heterocycles.